The second-order valence-corrected chi connectivity index (χ2v) is 6.56. The summed E-state index contributed by atoms with van der Waals surface area (Å²) in [5, 5.41) is 6.82. The number of nitrogens with zero attached hydrogens (tertiary/aromatic N) is 1. The molecule has 2 unspecified atom stereocenters. The van der Waals surface area contributed by atoms with Crippen molar-refractivity contribution in [2.24, 2.45) is 5.92 Å². The number of amides is 1. The van der Waals surface area contributed by atoms with E-state index in [2.05, 4.69) is 15.5 Å². The van der Waals surface area contributed by atoms with E-state index in [0.29, 0.717) is 18.6 Å². The first-order valence-electron chi connectivity index (χ1n) is 8.06. The van der Waals surface area contributed by atoms with Crippen LogP contribution in [0.15, 0.2) is 0 Å². The maximum atomic E-state index is 12.1. The van der Waals surface area contributed by atoms with Crippen LogP contribution in [0.4, 0.5) is 0 Å². The second-order valence-electron chi connectivity index (χ2n) is 6.56. The Bertz CT molecular complexity index is 301. The Morgan fingerprint density at radius 3 is 2.74 bits per heavy atom. The average molecular weight is 265 g/mol. The smallest absolute Gasteiger partial charge is 0.234 e. The molecule has 3 aliphatic rings. The highest BCUT2D eigenvalue weighted by atomic mass is 16.2. The van der Waals surface area contributed by atoms with Crippen molar-refractivity contribution in [3.8, 4) is 0 Å². The Morgan fingerprint density at radius 2 is 1.95 bits per heavy atom. The molecule has 1 aliphatic carbocycles. The van der Waals surface area contributed by atoms with E-state index in [1.807, 2.05) is 0 Å². The van der Waals surface area contributed by atoms with Crippen molar-refractivity contribution < 1.29 is 4.79 Å². The number of hydrogen-bond acceptors (Lipinski definition) is 3. The number of piperidine rings is 1. The normalized spacial score (nSPS) is 33.1. The Kier molecular flexibility index (Phi) is 4.38. The van der Waals surface area contributed by atoms with Gasteiger partial charge in [-0.1, -0.05) is 19.3 Å². The minimum absolute atomic E-state index is 0.241. The van der Waals surface area contributed by atoms with Crippen LogP contribution in [0.1, 0.15) is 44.9 Å². The molecule has 2 heterocycles. The second kappa shape index (κ2) is 6.23. The fourth-order valence-corrected chi connectivity index (χ4v) is 3.99. The third-order valence-corrected chi connectivity index (χ3v) is 5.01. The van der Waals surface area contributed by atoms with Gasteiger partial charge in [-0.3, -0.25) is 9.69 Å². The van der Waals surface area contributed by atoms with Crippen molar-refractivity contribution in [2.45, 2.75) is 57.0 Å². The van der Waals surface area contributed by atoms with Crippen LogP contribution >= 0.6 is 0 Å². The molecule has 19 heavy (non-hydrogen) atoms. The first-order chi connectivity index (χ1) is 9.31. The molecule has 0 spiro atoms. The molecule has 1 amide bonds. The molecule has 3 fully saturated rings. The fraction of sp³-hybridized carbons (Fsp3) is 0.933. The SMILES string of the molecule is O=C(CN1CC2CCCNC2C1)NC1CCCCC1. The van der Waals surface area contributed by atoms with Crippen molar-refractivity contribution in [2.75, 3.05) is 26.2 Å². The van der Waals surface area contributed by atoms with Gasteiger partial charge in [0.2, 0.25) is 5.91 Å². The highest BCUT2D eigenvalue weighted by molar-refractivity contribution is 5.78. The third kappa shape index (κ3) is 3.48. The van der Waals surface area contributed by atoms with Gasteiger partial charge in [0.15, 0.2) is 0 Å². The molecule has 2 N–H and O–H groups in total. The summed E-state index contributed by atoms with van der Waals surface area (Å²) in [6.07, 6.45) is 8.89. The molecule has 4 heteroatoms. The lowest BCUT2D eigenvalue weighted by Crippen LogP contribution is -2.43. The van der Waals surface area contributed by atoms with E-state index < -0.39 is 0 Å². The van der Waals surface area contributed by atoms with Crippen molar-refractivity contribution in [1.29, 1.82) is 0 Å². The molecule has 0 aromatic heterocycles. The zero-order valence-electron chi connectivity index (χ0n) is 11.9. The Labute approximate surface area is 116 Å². The van der Waals surface area contributed by atoms with E-state index in [1.165, 1.54) is 44.9 Å². The third-order valence-electron chi connectivity index (χ3n) is 5.01. The van der Waals surface area contributed by atoms with Crippen LogP contribution in [0.25, 0.3) is 0 Å². The van der Waals surface area contributed by atoms with Gasteiger partial charge >= 0.3 is 0 Å². The van der Waals surface area contributed by atoms with Gasteiger partial charge in [0, 0.05) is 25.2 Å². The Balaban J connectivity index is 1.42. The fourth-order valence-electron chi connectivity index (χ4n) is 3.99. The van der Waals surface area contributed by atoms with Gasteiger partial charge in [-0.2, -0.15) is 0 Å². The van der Waals surface area contributed by atoms with E-state index in [1.54, 1.807) is 0 Å². The summed E-state index contributed by atoms with van der Waals surface area (Å²) in [6, 6.07) is 1.08. The van der Waals surface area contributed by atoms with Gasteiger partial charge in [-0.05, 0) is 38.1 Å². The summed E-state index contributed by atoms with van der Waals surface area (Å²) in [6.45, 7) is 3.92. The summed E-state index contributed by atoms with van der Waals surface area (Å²) in [7, 11) is 0. The summed E-state index contributed by atoms with van der Waals surface area (Å²) < 4.78 is 0. The zero-order chi connectivity index (χ0) is 13.1. The maximum absolute atomic E-state index is 12.1. The van der Waals surface area contributed by atoms with Crippen LogP contribution in [0.2, 0.25) is 0 Å². The van der Waals surface area contributed by atoms with Crippen LogP contribution in [0.5, 0.6) is 0 Å². The molecule has 4 nitrogen and oxygen atoms in total. The number of carbonyl (C=O) groups is 1. The lowest BCUT2D eigenvalue weighted by molar-refractivity contribution is -0.122. The number of fused-ring (bicyclic) bond motifs is 1. The van der Waals surface area contributed by atoms with E-state index in [0.717, 1.165) is 25.6 Å². The lowest BCUT2D eigenvalue weighted by atomic mass is 9.94. The van der Waals surface area contributed by atoms with Crippen molar-refractivity contribution >= 4 is 5.91 Å². The number of carbonyl (C=O) groups excluding carboxylic acids is 1. The molecule has 0 bridgehead atoms. The quantitative estimate of drug-likeness (QED) is 0.804. The summed E-state index contributed by atoms with van der Waals surface area (Å²) in [4.78, 5) is 14.4. The van der Waals surface area contributed by atoms with Crippen LogP contribution in [-0.2, 0) is 4.79 Å². The molecular weight excluding hydrogens is 238 g/mol. The molecule has 0 radical (unpaired) electrons. The minimum atomic E-state index is 0.241. The standard InChI is InChI=1S/C15H27N3O/c19-15(17-13-6-2-1-3-7-13)11-18-9-12-5-4-8-16-14(12)10-18/h12-14,16H,1-11H2,(H,17,19). The highest BCUT2D eigenvalue weighted by Crippen LogP contribution is 2.24. The zero-order valence-corrected chi connectivity index (χ0v) is 11.9. The molecule has 2 saturated heterocycles. The predicted octanol–water partition coefficient (Wildman–Crippen LogP) is 1.12. The van der Waals surface area contributed by atoms with E-state index >= 15 is 0 Å². The van der Waals surface area contributed by atoms with E-state index in [9.17, 15) is 4.79 Å². The Morgan fingerprint density at radius 1 is 1.11 bits per heavy atom. The molecule has 0 aromatic carbocycles. The number of likely N-dealkylation sites (tertiary alicyclic amines) is 1. The Hall–Kier alpha value is -0.610. The van der Waals surface area contributed by atoms with Crippen molar-refractivity contribution in [3.05, 3.63) is 0 Å². The number of nitrogens with one attached hydrogen (secondary N) is 2. The number of hydrogen-bond donors (Lipinski definition) is 2. The largest absolute Gasteiger partial charge is 0.352 e. The average Bonchev–Trinajstić information content (AvgIpc) is 2.81. The molecule has 2 aliphatic heterocycles. The minimum Gasteiger partial charge on any atom is -0.352 e. The van der Waals surface area contributed by atoms with Crippen molar-refractivity contribution in [3.63, 3.8) is 0 Å². The summed E-state index contributed by atoms with van der Waals surface area (Å²) in [5.74, 6) is 1.02. The van der Waals surface area contributed by atoms with Gasteiger partial charge < -0.3 is 10.6 Å². The van der Waals surface area contributed by atoms with E-state index in [4.69, 9.17) is 0 Å². The predicted molar refractivity (Wildman–Crippen MR) is 76.0 cm³/mol. The number of rotatable bonds is 3. The van der Waals surface area contributed by atoms with E-state index in [-0.39, 0.29) is 5.91 Å². The molecule has 108 valence electrons. The molecule has 1 saturated carbocycles. The topological polar surface area (TPSA) is 44.4 Å². The van der Waals surface area contributed by atoms with Gasteiger partial charge in [-0.15, -0.1) is 0 Å². The van der Waals surface area contributed by atoms with Gasteiger partial charge in [-0.25, -0.2) is 0 Å². The molecule has 0 aromatic rings. The van der Waals surface area contributed by atoms with Crippen LogP contribution < -0.4 is 10.6 Å². The summed E-state index contributed by atoms with van der Waals surface area (Å²) in [5.41, 5.74) is 0. The van der Waals surface area contributed by atoms with Crippen molar-refractivity contribution in [1.82, 2.24) is 15.5 Å². The monoisotopic (exact) mass is 265 g/mol. The van der Waals surface area contributed by atoms with Gasteiger partial charge in [0.25, 0.3) is 0 Å². The van der Waals surface area contributed by atoms with Crippen LogP contribution in [0, 0.1) is 5.92 Å². The molecular formula is C15H27N3O. The lowest BCUT2D eigenvalue weighted by Gasteiger charge is -2.24. The first-order valence-corrected chi connectivity index (χ1v) is 8.06. The van der Waals surface area contributed by atoms with Crippen LogP contribution in [0.3, 0.4) is 0 Å². The summed E-state index contributed by atoms with van der Waals surface area (Å²) >= 11 is 0. The van der Waals surface area contributed by atoms with Gasteiger partial charge in [0.05, 0.1) is 6.54 Å². The van der Waals surface area contributed by atoms with Crippen LogP contribution in [-0.4, -0.2) is 49.1 Å². The van der Waals surface area contributed by atoms with Gasteiger partial charge in [0.1, 0.15) is 0 Å². The maximum Gasteiger partial charge on any atom is 0.234 e. The highest BCUT2D eigenvalue weighted by Gasteiger charge is 2.34. The molecule has 3 rings (SSSR count). The molecule has 2 atom stereocenters. The first kappa shape index (κ1) is 13.4.